The lowest BCUT2D eigenvalue weighted by molar-refractivity contribution is -0.123. The van der Waals surface area contributed by atoms with Crippen molar-refractivity contribution in [1.82, 2.24) is 10.2 Å². The predicted molar refractivity (Wildman–Crippen MR) is 105 cm³/mol. The van der Waals surface area contributed by atoms with Gasteiger partial charge >= 0.3 is 0 Å². The summed E-state index contributed by atoms with van der Waals surface area (Å²) in [6, 6.07) is 9.44. The number of fused-ring (bicyclic) bond motifs is 1. The Hall–Kier alpha value is -1.44. The van der Waals surface area contributed by atoms with E-state index in [1.165, 1.54) is 17.6 Å². The highest BCUT2D eigenvalue weighted by molar-refractivity contribution is 7.10. The van der Waals surface area contributed by atoms with Gasteiger partial charge in [-0.2, -0.15) is 0 Å². The maximum Gasteiger partial charge on any atom is 0.239 e. The smallest absolute Gasteiger partial charge is 0.239 e. The third-order valence-corrected chi connectivity index (χ3v) is 5.96. The van der Waals surface area contributed by atoms with E-state index in [0.29, 0.717) is 11.6 Å². The fraction of sp³-hybridized carbons (Fsp3) is 0.421. The van der Waals surface area contributed by atoms with E-state index >= 15 is 0 Å². The number of carbonyl (C=O) groups excluding carboxylic acids is 1. The normalized spacial score (nSPS) is 16.7. The van der Waals surface area contributed by atoms with Crippen LogP contribution in [0, 0.1) is 0 Å². The van der Waals surface area contributed by atoms with Gasteiger partial charge in [0.2, 0.25) is 5.91 Å². The fourth-order valence-corrected chi connectivity index (χ4v) is 4.28. The van der Waals surface area contributed by atoms with Gasteiger partial charge in [-0.3, -0.25) is 9.69 Å². The highest BCUT2D eigenvalue weighted by Crippen LogP contribution is 2.30. The van der Waals surface area contributed by atoms with Crippen molar-refractivity contribution in [2.45, 2.75) is 25.0 Å². The van der Waals surface area contributed by atoms with Crippen molar-refractivity contribution in [3.8, 4) is 0 Å². The molecular weight excluding hydrogens is 370 g/mol. The first-order chi connectivity index (χ1) is 12.6. The van der Waals surface area contributed by atoms with Crippen molar-refractivity contribution in [2.24, 2.45) is 5.73 Å². The van der Waals surface area contributed by atoms with Crippen LogP contribution in [-0.4, -0.2) is 43.7 Å². The summed E-state index contributed by atoms with van der Waals surface area (Å²) < 4.78 is 4.97. The number of methoxy groups -OCH3 is 1. The molecule has 1 aromatic carbocycles. The van der Waals surface area contributed by atoms with Crippen LogP contribution < -0.4 is 11.1 Å². The molecule has 1 aromatic heterocycles. The van der Waals surface area contributed by atoms with E-state index in [9.17, 15) is 4.79 Å². The molecule has 5 nitrogen and oxygen atoms in total. The molecule has 3 rings (SSSR count). The van der Waals surface area contributed by atoms with Gasteiger partial charge in [0.25, 0.3) is 0 Å². The molecule has 0 aliphatic carbocycles. The average molecular weight is 394 g/mol. The minimum atomic E-state index is -0.657. The minimum absolute atomic E-state index is 0.0685. The van der Waals surface area contributed by atoms with Crippen LogP contribution in [0.3, 0.4) is 0 Å². The zero-order valence-corrected chi connectivity index (χ0v) is 16.4. The molecule has 0 fully saturated rings. The molecule has 0 saturated carbocycles. The second-order valence-electron chi connectivity index (χ2n) is 6.46. The van der Waals surface area contributed by atoms with Gasteiger partial charge in [-0.25, -0.2) is 0 Å². The number of hydrogen-bond acceptors (Lipinski definition) is 5. The summed E-state index contributed by atoms with van der Waals surface area (Å²) in [7, 11) is 1.54. The van der Waals surface area contributed by atoms with Crippen LogP contribution in [0.5, 0.6) is 0 Å². The minimum Gasteiger partial charge on any atom is -0.383 e. The van der Waals surface area contributed by atoms with Crippen molar-refractivity contribution in [1.29, 1.82) is 0 Å². The number of halogens is 1. The fourth-order valence-electron chi connectivity index (χ4n) is 3.26. The van der Waals surface area contributed by atoms with Crippen LogP contribution in [0.15, 0.2) is 35.7 Å². The zero-order chi connectivity index (χ0) is 18.5. The maximum absolute atomic E-state index is 12.2. The van der Waals surface area contributed by atoms with E-state index in [0.717, 1.165) is 25.1 Å². The van der Waals surface area contributed by atoms with E-state index in [1.807, 2.05) is 35.6 Å². The molecule has 3 N–H and O–H groups in total. The summed E-state index contributed by atoms with van der Waals surface area (Å²) in [6.45, 7) is 2.55. The number of nitrogens with one attached hydrogen (secondary N) is 1. The van der Waals surface area contributed by atoms with Gasteiger partial charge in [0.05, 0.1) is 12.6 Å². The van der Waals surface area contributed by atoms with Crippen molar-refractivity contribution >= 4 is 28.8 Å². The molecule has 0 spiro atoms. The molecule has 2 unspecified atom stereocenters. The number of nitrogens with two attached hydrogens (primary N) is 1. The Morgan fingerprint density at radius 2 is 2.15 bits per heavy atom. The quantitative estimate of drug-likeness (QED) is 0.758. The topological polar surface area (TPSA) is 67.6 Å². The summed E-state index contributed by atoms with van der Waals surface area (Å²) in [5.41, 5.74) is 8.34. The first-order valence-electron chi connectivity index (χ1n) is 8.65. The average Bonchev–Trinajstić information content (AvgIpc) is 3.11. The SMILES string of the molecule is COCC(N)C(=O)NCC(c1ccc(Cl)cc1)N1CCc2sccc2C1. The number of thiophene rings is 1. The Morgan fingerprint density at radius 3 is 2.88 bits per heavy atom. The Kier molecular flexibility index (Phi) is 6.67. The first-order valence-corrected chi connectivity index (χ1v) is 9.91. The Morgan fingerprint density at radius 1 is 1.38 bits per heavy atom. The van der Waals surface area contributed by atoms with Crippen LogP contribution in [-0.2, 0) is 22.5 Å². The van der Waals surface area contributed by atoms with Gasteiger partial charge in [-0.15, -0.1) is 11.3 Å². The molecule has 0 bridgehead atoms. The van der Waals surface area contributed by atoms with Crippen molar-refractivity contribution in [3.63, 3.8) is 0 Å². The van der Waals surface area contributed by atoms with Gasteiger partial charge in [0.1, 0.15) is 6.04 Å². The van der Waals surface area contributed by atoms with E-state index < -0.39 is 6.04 Å². The molecule has 2 heterocycles. The standard InChI is InChI=1S/C19H24ClN3O2S/c1-25-12-16(21)19(24)22-10-17(13-2-4-15(20)5-3-13)23-8-6-18-14(11-23)7-9-26-18/h2-5,7,9,16-17H,6,8,10-12,21H2,1H3,(H,22,24). The Bertz CT molecular complexity index is 735. The number of carbonyl (C=O) groups is 1. The van der Waals surface area contributed by atoms with Gasteiger partial charge in [0.15, 0.2) is 0 Å². The summed E-state index contributed by atoms with van der Waals surface area (Å²) in [5.74, 6) is -0.195. The summed E-state index contributed by atoms with van der Waals surface area (Å²) in [5, 5.41) is 5.84. The van der Waals surface area contributed by atoms with Gasteiger partial charge in [-0.1, -0.05) is 23.7 Å². The molecule has 1 amide bonds. The number of amides is 1. The van der Waals surface area contributed by atoms with Gasteiger partial charge in [0, 0.05) is 36.6 Å². The molecule has 140 valence electrons. The molecule has 2 atom stereocenters. The summed E-state index contributed by atoms with van der Waals surface area (Å²) in [6.07, 6.45) is 1.04. The van der Waals surface area contributed by atoms with Gasteiger partial charge in [-0.05, 0) is 41.1 Å². The number of hydrogen-bond donors (Lipinski definition) is 2. The van der Waals surface area contributed by atoms with Crippen molar-refractivity contribution < 1.29 is 9.53 Å². The largest absolute Gasteiger partial charge is 0.383 e. The summed E-state index contributed by atoms with van der Waals surface area (Å²) >= 11 is 7.87. The van der Waals surface area contributed by atoms with Crippen molar-refractivity contribution in [2.75, 3.05) is 26.8 Å². The third kappa shape index (κ3) is 4.64. The monoisotopic (exact) mass is 393 g/mol. The lowest BCUT2D eigenvalue weighted by Gasteiger charge is -2.35. The predicted octanol–water partition coefficient (Wildman–Crippen LogP) is 2.59. The number of ether oxygens (including phenoxy) is 1. The molecule has 26 heavy (non-hydrogen) atoms. The van der Waals surface area contributed by atoms with E-state index in [4.69, 9.17) is 22.1 Å². The molecular formula is C19H24ClN3O2S. The highest BCUT2D eigenvalue weighted by atomic mass is 35.5. The molecule has 0 saturated heterocycles. The summed E-state index contributed by atoms with van der Waals surface area (Å²) in [4.78, 5) is 16.1. The molecule has 1 aliphatic rings. The Labute approximate surface area is 163 Å². The zero-order valence-electron chi connectivity index (χ0n) is 14.8. The van der Waals surface area contributed by atoms with Crippen LogP contribution in [0.2, 0.25) is 5.02 Å². The van der Waals surface area contributed by atoms with E-state index in [2.05, 4.69) is 21.7 Å². The van der Waals surface area contributed by atoms with Crippen LogP contribution in [0.25, 0.3) is 0 Å². The van der Waals surface area contributed by atoms with Gasteiger partial charge < -0.3 is 15.8 Å². The molecule has 0 radical (unpaired) electrons. The van der Waals surface area contributed by atoms with Crippen LogP contribution >= 0.6 is 22.9 Å². The molecule has 2 aromatic rings. The number of nitrogens with zero attached hydrogens (tertiary/aromatic N) is 1. The lowest BCUT2D eigenvalue weighted by atomic mass is 10.0. The molecule has 1 aliphatic heterocycles. The number of benzene rings is 1. The van der Waals surface area contributed by atoms with E-state index in [-0.39, 0.29) is 18.6 Å². The maximum atomic E-state index is 12.2. The highest BCUT2D eigenvalue weighted by Gasteiger charge is 2.26. The first kappa shape index (κ1) is 19.3. The third-order valence-electron chi connectivity index (χ3n) is 4.69. The van der Waals surface area contributed by atoms with Crippen LogP contribution in [0.1, 0.15) is 22.0 Å². The van der Waals surface area contributed by atoms with Crippen molar-refractivity contribution in [3.05, 3.63) is 56.7 Å². The second-order valence-corrected chi connectivity index (χ2v) is 7.90. The van der Waals surface area contributed by atoms with E-state index in [1.54, 1.807) is 0 Å². The Balaban J connectivity index is 1.74. The molecule has 7 heteroatoms. The number of rotatable bonds is 7. The second kappa shape index (κ2) is 8.97. The lowest BCUT2D eigenvalue weighted by Crippen LogP contribution is -2.47. The van der Waals surface area contributed by atoms with Crippen LogP contribution in [0.4, 0.5) is 0 Å².